The van der Waals surface area contributed by atoms with Gasteiger partial charge >= 0.3 is 0 Å². The second-order valence-corrected chi connectivity index (χ2v) is 5.55. The fourth-order valence-corrected chi connectivity index (χ4v) is 2.84. The average Bonchev–Trinajstić information content (AvgIpc) is 3.16. The number of aryl methyl sites for hydroxylation is 1. The SMILES string of the molecule is Cc1nnnn1C(Cc1cccc(F)c1)C(=O)N1CCCC1. The maximum Gasteiger partial charge on any atom is 0.247 e. The zero-order valence-electron chi connectivity index (χ0n) is 12.4. The van der Waals surface area contributed by atoms with Crippen LogP contribution >= 0.6 is 0 Å². The zero-order valence-corrected chi connectivity index (χ0v) is 12.4. The van der Waals surface area contributed by atoms with Gasteiger partial charge in [0.05, 0.1) is 0 Å². The lowest BCUT2D eigenvalue weighted by Gasteiger charge is -2.23. The fraction of sp³-hybridized carbons (Fsp3) is 0.467. The molecule has 1 unspecified atom stereocenters. The first kappa shape index (κ1) is 14.6. The van der Waals surface area contributed by atoms with Gasteiger partial charge in [-0.3, -0.25) is 4.79 Å². The first-order valence-corrected chi connectivity index (χ1v) is 7.43. The topological polar surface area (TPSA) is 63.9 Å². The summed E-state index contributed by atoms with van der Waals surface area (Å²) in [5, 5.41) is 11.4. The number of amides is 1. The van der Waals surface area contributed by atoms with Crippen molar-refractivity contribution in [1.82, 2.24) is 25.1 Å². The summed E-state index contributed by atoms with van der Waals surface area (Å²) in [6.07, 6.45) is 2.42. The highest BCUT2D eigenvalue weighted by molar-refractivity contribution is 5.81. The molecule has 6 nitrogen and oxygen atoms in total. The lowest BCUT2D eigenvalue weighted by molar-refractivity contribution is -0.134. The van der Waals surface area contributed by atoms with E-state index < -0.39 is 6.04 Å². The van der Waals surface area contributed by atoms with Crippen molar-refractivity contribution in [3.8, 4) is 0 Å². The van der Waals surface area contributed by atoms with Gasteiger partial charge in [-0.15, -0.1) is 5.10 Å². The summed E-state index contributed by atoms with van der Waals surface area (Å²) >= 11 is 0. The molecule has 1 amide bonds. The van der Waals surface area contributed by atoms with Gasteiger partial charge in [0, 0.05) is 19.5 Å². The molecule has 22 heavy (non-hydrogen) atoms. The molecule has 1 aromatic carbocycles. The van der Waals surface area contributed by atoms with Gasteiger partial charge in [-0.05, 0) is 47.9 Å². The largest absolute Gasteiger partial charge is 0.341 e. The van der Waals surface area contributed by atoms with Gasteiger partial charge in [-0.2, -0.15) is 0 Å². The van der Waals surface area contributed by atoms with Crippen LogP contribution in [0.2, 0.25) is 0 Å². The Balaban J connectivity index is 1.89. The highest BCUT2D eigenvalue weighted by Gasteiger charge is 2.30. The number of halogens is 1. The summed E-state index contributed by atoms with van der Waals surface area (Å²) in [5.74, 6) is 0.268. The number of rotatable bonds is 4. The second kappa shape index (κ2) is 6.21. The third kappa shape index (κ3) is 2.98. The number of hydrogen-bond acceptors (Lipinski definition) is 4. The van der Waals surface area contributed by atoms with E-state index in [1.165, 1.54) is 16.8 Å². The number of benzene rings is 1. The van der Waals surface area contributed by atoms with Crippen molar-refractivity contribution in [2.24, 2.45) is 0 Å². The Hall–Kier alpha value is -2.31. The summed E-state index contributed by atoms with van der Waals surface area (Å²) in [4.78, 5) is 14.6. The first-order valence-electron chi connectivity index (χ1n) is 7.43. The van der Waals surface area contributed by atoms with E-state index >= 15 is 0 Å². The molecule has 0 radical (unpaired) electrons. The lowest BCUT2D eigenvalue weighted by atomic mass is 10.0. The Morgan fingerprint density at radius 3 is 2.77 bits per heavy atom. The summed E-state index contributed by atoms with van der Waals surface area (Å²) in [5.41, 5.74) is 0.757. The van der Waals surface area contributed by atoms with Crippen LogP contribution in [-0.2, 0) is 11.2 Å². The first-order chi connectivity index (χ1) is 10.6. The standard InChI is InChI=1S/C15H18FN5O/c1-11-17-18-19-21(11)14(15(22)20-7-2-3-8-20)10-12-5-4-6-13(16)9-12/h4-6,9,14H,2-3,7-8,10H2,1H3. The molecule has 1 atom stereocenters. The smallest absolute Gasteiger partial charge is 0.247 e. The van der Waals surface area contributed by atoms with Crippen molar-refractivity contribution in [1.29, 1.82) is 0 Å². The quantitative estimate of drug-likeness (QED) is 0.859. The molecule has 1 aromatic heterocycles. The molecule has 0 saturated carbocycles. The van der Waals surface area contributed by atoms with Crippen LogP contribution in [0.5, 0.6) is 0 Å². The molecule has 0 bridgehead atoms. The van der Waals surface area contributed by atoms with Gasteiger partial charge in [0.2, 0.25) is 5.91 Å². The molecule has 1 fully saturated rings. The van der Waals surface area contributed by atoms with Gasteiger partial charge in [0.15, 0.2) is 0 Å². The normalized spacial score (nSPS) is 16.0. The van der Waals surface area contributed by atoms with Crippen molar-refractivity contribution in [3.05, 3.63) is 41.5 Å². The van der Waals surface area contributed by atoms with E-state index in [9.17, 15) is 9.18 Å². The summed E-state index contributed by atoms with van der Waals surface area (Å²) in [6.45, 7) is 3.29. The second-order valence-electron chi connectivity index (χ2n) is 5.55. The number of carbonyl (C=O) groups excluding carboxylic acids is 1. The number of aromatic nitrogens is 4. The average molecular weight is 303 g/mol. The van der Waals surface area contributed by atoms with Crippen LogP contribution in [0.25, 0.3) is 0 Å². The van der Waals surface area contributed by atoms with E-state index in [1.807, 2.05) is 11.0 Å². The van der Waals surface area contributed by atoms with Gasteiger partial charge in [-0.1, -0.05) is 12.1 Å². The van der Waals surface area contributed by atoms with Crippen LogP contribution in [0.15, 0.2) is 24.3 Å². The molecule has 2 heterocycles. The number of tetrazole rings is 1. The number of likely N-dealkylation sites (tertiary alicyclic amines) is 1. The van der Waals surface area contributed by atoms with E-state index in [0.717, 1.165) is 31.5 Å². The zero-order chi connectivity index (χ0) is 15.5. The summed E-state index contributed by atoms with van der Waals surface area (Å²) in [6, 6.07) is 5.77. The van der Waals surface area contributed by atoms with Crippen molar-refractivity contribution in [2.75, 3.05) is 13.1 Å². The molecule has 7 heteroatoms. The molecular formula is C15H18FN5O. The summed E-state index contributed by atoms with van der Waals surface area (Å²) < 4.78 is 14.9. The minimum atomic E-state index is -0.533. The molecule has 116 valence electrons. The molecule has 3 rings (SSSR count). The highest BCUT2D eigenvalue weighted by atomic mass is 19.1. The van der Waals surface area contributed by atoms with E-state index in [-0.39, 0.29) is 11.7 Å². The molecule has 0 spiro atoms. The van der Waals surface area contributed by atoms with Crippen LogP contribution in [0.1, 0.15) is 30.3 Å². The van der Waals surface area contributed by atoms with Gasteiger partial charge in [0.1, 0.15) is 17.7 Å². The molecular weight excluding hydrogens is 285 g/mol. The Labute approximate surface area is 127 Å². The molecule has 1 aliphatic rings. The van der Waals surface area contributed by atoms with Gasteiger partial charge in [0.25, 0.3) is 0 Å². The van der Waals surface area contributed by atoms with E-state index in [2.05, 4.69) is 15.5 Å². The lowest BCUT2D eigenvalue weighted by Crippen LogP contribution is -2.37. The molecule has 0 aliphatic carbocycles. The third-order valence-corrected chi connectivity index (χ3v) is 3.97. The highest BCUT2D eigenvalue weighted by Crippen LogP contribution is 2.21. The molecule has 1 aliphatic heterocycles. The monoisotopic (exact) mass is 303 g/mol. The van der Waals surface area contributed by atoms with Crippen molar-refractivity contribution in [2.45, 2.75) is 32.2 Å². The van der Waals surface area contributed by atoms with Crippen LogP contribution < -0.4 is 0 Å². The van der Waals surface area contributed by atoms with Crippen molar-refractivity contribution < 1.29 is 9.18 Å². The van der Waals surface area contributed by atoms with Gasteiger partial charge in [-0.25, -0.2) is 9.07 Å². The molecule has 2 aromatic rings. The van der Waals surface area contributed by atoms with E-state index in [4.69, 9.17) is 0 Å². The number of hydrogen-bond donors (Lipinski definition) is 0. The van der Waals surface area contributed by atoms with Crippen molar-refractivity contribution in [3.63, 3.8) is 0 Å². The van der Waals surface area contributed by atoms with Crippen molar-refractivity contribution >= 4 is 5.91 Å². The van der Waals surface area contributed by atoms with E-state index in [1.54, 1.807) is 13.0 Å². The Kier molecular flexibility index (Phi) is 4.13. The molecule has 0 N–H and O–H groups in total. The Morgan fingerprint density at radius 1 is 1.36 bits per heavy atom. The maximum absolute atomic E-state index is 13.4. The summed E-state index contributed by atoms with van der Waals surface area (Å²) in [7, 11) is 0. The number of carbonyl (C=O) groups is 1. The minimum Gasteiger partial charge on any atom is -0.341 e. The number of nitrogens with zero attached hydrogens (tertiary/aromatic N) is 5. The maximum atomic E-state index is 13.4. The fourth-order valence-electron chi connectivity index (χ4n) is 2.84. The Morgan fingerprint density at radius 2 is 2.14 bits per heavy atom. The van der Waals surface area contributed by atoms with Crippen LogP contribution in [0, 0.1) is 12.7 Å². The minimum absolute atomic E-state index is 0.00263. The molecule has 1 saturated heterocycles. The van der Waals surface area contributed by atoms with Crippen LogP contribution in [0.4, 0.5) is 4.39 Å². The van der Waals surface area contributed by atoms with Gasteiger partial charge < -0.3 is 4.90 Å². The predicted octanol–water partition coefficient (Wildman–Crippen LogP) is 1.53. The predicted molar refractivity (Wildman–Crippen MR) is 77.5 cm³/mol. The Bertz CT molecular complexity index is 665. The van der Waals surface area contributed by atoms with Crippen LogP contribution in [0.3, 0.4) is 0 Å². The van der Waals surface area contributed by atoms with E-state index in [0.29, 0.717) is 12.2 Å². The third-order valence-electron chi connectivity index (χ3n) is 3.97. The van der Waals surface area contributed by atoms with Crippen LogP contribution in [-0.4, -0.2) is 44.1 Å².